The molecular formula is C21H16FN3O2S2. The van der Waals surface area contributed by atoms with Gasteiger partial charge in [-0.3, -0.25) is 14.4 Å². The van der Waals surface area contributed by atoms with Crippen molar-refractivity contribution >= 4 is 58.7 Å². The van der Waals surface area contributed by atoms with Gasteiger partial charge in [-0.25, -0.2) is 4.39 Å². The van der Waals surface area contributed by atoms with E-state index in [1.54, 1.807) is 6.21 Å². The van der Waals surface area contributed by atoms with Gasteiger partial charge in [-0.2, -0.15) is 0 Å². The first-order valence-electron chi connectivity index (χ1n) is 8.84. The van der Waals surface area contributed by atoms with Crippen molar-refractivity contribution in [3.8, 4) is 5.88 Å². The monoisotopic (exact) mass is 425 g/mol. The molecule has 0 unspecified atom stereocenters. The Balaban J connectivity index is 1.47. The maximum atomic E-state index is 12.9. The molecule has 2 heterocycles. The standard InChI is InChI=1S/C21H16FN3O2S2/c22-14-5-7-15(8-6-14)24-19(26)9-10-25-20(27)18(29-21(25)28)11-13-12-23-17-4-2-1-3-16(13)17/h1-8,11-12,27H,9-10H2,(H,24,26)/b13-11+. The molecule has 0 saturated carbocycles. The first-order chi connectivity index (χ1) is 14.0. The van der Waals surface area contributed by atoms with Crippen LogP contribution in [-0.4, -0.2) is 21.8 Å². The molecule has 1 aromatic heterocycles. The number of hydrogen-bond donors (Lipinski definition) is 2. The molecule has 5 nitrogen and oxygen atoms in total. The molecule has 2 N–H and O–H groups in total. The summed E-state index contributed by atoms with van der Waals surface area (Å²) < 4.78 is 15.0. The van der Waals surface area contributed by atoms with Crippen LogP contribution in [0.4, 0.5) is 15.8 Å². The number of nitrogens with one attached hydrogen (secondary N) is 1. The number of para-hydroxylation sites is 1. The van der Waals surface area contributed by atoms with E-state index >= 15 is 0 Å². The van der Waals surface area contributed by atoms with Crippen molar-refractivity contribution in [2.75, 3.05) is 5.32 Å². The van der Waals surface area contributed by atoms with Crippen LogP contribution >= 0.6 is 23.6 Å². The lowest BCUT2D eigenvalue weighted by molar-refractivity contribution is -0.116. The molecule has 29 heavy (non-hydrogen) atoms. The van der Waals surface area contributed by atoms with Gasteiger partial charge in [-0.05, 0) is 48.6 Å². The average Bonchev–Trinajstić information content (AvgIpc) is 3.23. The summed E-state index contributed by atoms with van der Waals surface area (Å²) in [5.41, 5.74) is 3.29. The van der Waals surface area contributed by atoms with E-state index in [1.165, 1.54) is 40.2 Å². The molecule has 8 heteroatoms. The Morgan fingerprint density at radius 1 is 1.24 bits per heavy atom. The van der Waals surface area contributed by atoms with Crippen LogP contribution in [0.2, 0.25) is 0 Å². The number of carbonyl (C=O) groups excluding carboxylic acids is 1. The lowest BCUT2D eigenvalue weighted by Crippen LogP contribution is -2.14. The molecule has 0 radical (unpaired) electrons. The van der Waals surface area contributed by atoms with Crippen LogP contribution in [0.3, 0.4) is 0 Å². The predicted octanol–water partition coefficient (Wildman–Crippen LogP) is 5.41. The lowest BCUT2D eigenvalue weighted by Gasteiger charge is -2.07. The summed E-state index contributed by atoms with van der Waals surface area (Å²) in [5.74, 6) is -0.588. The SMILES string of the molecule is O=C(CCn1c(O)c(/C=C2\C=Nc3ccccc32)sc1=S)Nc1ccc(F)cc1. The van der Waals surface area contributed by atoms with E-state index in [2.05, 4.69) is 10.3 Å². The number of thiazole rings is 1. The highest BCUT2D eigenvalue weighted by atomic mass is 32.1. The molecule has 4 rings (SSSR count). The summed E-state index contributed by atoms with van der Waals surface area (Å²) >= 11 is 6.64. The summed E-state index contributed by atoms with van der Waals surface area (Å²) in [7, 11) is 0. The molecule has 0 spiro atoms. The van der Waals surface area contributed by atoms with Crippen molar-refractivity contribution < 1.29 is 14.3 Å². The molecule has 0 fully saturated rings. The number of hydrogen-bond acceptors (Lipinski definition) is 5. The van der Waals surface area contributed by atoms with Crippen LogP contribution in [0.1, 0.15) is 16.9 Å². The second-order valence-electron chi connectivity index (χ2n) is 6.39. The Hall–Kier alpha value is -3.10. The van der Waals surface area contributed by atoms with Gasteiger partial charge in [0.2, 0.25) is 11.8 Å². The maximum absolute atomic E-state index is 12.9. The van der Waals surface area contributed by atoms with Crippen molar-refractivity contribution in [1.29, 1.82) is 0 Å². The van der Waals surface area contributed by atoms with Gasteiger partial charge in [0.15, 0.2) is 3.95 Å². The van der Waals surface area contributed by atoms with E-state index in [-0.39, 0.29) is 30.6 Å². The normalized spacial score (nSPS) is 13.6. The Bertz CT molecular complexity index is 1190. The molecule has 1 aliphatic heterocycles. The third-order valence-corrected chi connectivity index (χ3v) is 5.81. The molecular weight excluding hydrogens is 409 g/mol. The van der Waals surface area contributed by atoms with Crippen molar-refractivity contribution in [3.63, 3.8) is 0 Å². The highest BCUT2D eigenvalue weighted by Crippen LogP contribution is 2.35. The Labute approximate surface area is 175 Å². The summed E-state index contributed by atoms with van der Waals surface area (Å²) in [6, 6.07) is 13.3. The van der Waals surface area contributed by atoms with Gasteiger partial charge in [0.1, 0.15) is 5.82 Å². The first kappa shape index (κ1) is 19.2. The first-order valence-corrected chi connectivity index (χ1v) is 10.1. The van der Waals surface area contributed by atoms with Crippen LogP contribution in [0.5, 0.6) is 5.88 Å². The van der Waals surface area contributed by atoms with Crippen molar-refractivity contribution in [1.82, 2.24) is 4.57 Å². The second kappa shape index (κ2) is 8.10. The van der Waals surface area contributed by atoms with E-state index in [4.69, 9.17) is 12.2 Å². The number of aromatic nitrogens is 1. The number of carbonyl (C=O) groups is 1. The summed E-state index contributed by atoms with van der Waals surface area (Å²) in [6.45, 7) is 0.238. The van der Waals surface area contributed by atoms with Crippen molar-refractivity contribution in [3.05, 3.63) is 68.7 Å². The Morgan fingerprint density at radius 2 is 2.00 bits per heavy atom. The third kappa shape index (κ3) is 4.18. The molecule has 0 aliphatic carbocycles. The van der Waals surface area contributed by atoms with E-state index < -0.39 is 0 Å². The Kier molecular flexibility index (Phi) is 5.37. The molecule has 0 atom stereocenters. The second-order valence-corrected chi connectivity index (χ2v) is 8.06. The molecule has 0 saturated heterocycles. The zero-order valence-electron chi connectivity index (χ0n) is 15.1. The number of benzene rings is 2. The lowest BCUT2D eigenvalue weighted by atomic mass is 10.1. The highest BCUT2D eigenvalue weighted by molar-refractivity contribution is 7.73. The summed E-state index contributed by atoms with van der Waals surface area (Å²) in [5, 5.41) is 13.3. The number of aromatic hydroxyl groups is 1. The molecule has 1 aliphatic rings. The molecule has 1 amide bonds. The number of anilines is 1. The fourth-order valence-electron chi connectivity index (χ4n) is 2.97. The molecule has 2 aromatic carbocycles. The number of rotatable bonds is 5. The highest BCUT2D eigenvalue weighted by Gasteiger charge is 2.16. The minimum absolute atomic E-state index is 0.0277. The van der Waals surface area contributed by atoms with Crippen molar-refractivity contribution in [2.24, 2.45) is 4.99 Å². The van der Waals surface area contributed by atoms with Crippen LogP contribution in [0.25, 0.3) is 11.6 Å². The smallest absolute Gasteiger partial charge is 0.226 e. The van der Waals surface area contributed by atoms with Gasteiger partial charge < -0.3 is 10.4 Å². The topological polar surface area (TPSA) is 66.6 Å². The fraction of sp³-hybridized carbons (Fsp3) is 0.0952. The van der Waals surface area contributed by atoms with E-state index in [0.29, 0.717) is 14.5 Å². The predicted molar refractivity (Wildman–Crippen MR) is 117 cm³/mol. The number of fused-ring (bicyclic) bond motifs is 1. The van der Waals surface area contributed by atoms with Crippen LogP contribution in [0, 0.1) is 9.77 Å². The van der Waals surface area contributed by atoms with Gasteiger partial charge in [0.25, 0.3) is 0 Å². The van der Waals surface area contributed by atoms with Crippen LogP contribution in [0.15, 0.2) is 53.5 Å². The Morgan fingerprint density at radius 3 is 2.79 bits per heavy atom. The zero-order valence-corrected chi connectivity index (χ0v) is 16.8. The van der Waals surface area contributed by atoms with E-state index in [0.717, 1.165) is 16.8 Å². The van der Waals surface area contributed by atoms with Gasteiger partial charge in [0.05, 0.1) is 10.6 Å². The van der Waals surface area contributed by atoms with Gasteiger partial charge in [0, 0.05) is 36.0 Å². The summed E-state index contributed by atoms with van der Waals surface area (Å²) in [4.78, 5) is 17.1. The number of nitrogens with zero attached hydrogens (tertiary/aromatic N) is 2. The average molecular weight is 426 g/mol. The largest absolute Gasteiger partial charge is 0.493 e. The fourth-order valence-corrected chi connectivity index (χ4v) is 4.28. The molecule has 0 bridgehead atoms. The van der Waals surface area contributed by atoms with Crippen molar-refractivity contribution in [2.45, 2.75) is 13.0 Å². The summed E-state index contributed by atoms with van der Waals surface area (Å²) in [6.07, 6.45) is 3.73. The zero-order chi connectivity index (χ0) is 20.4. The van der Waals surface area contributed by atoms with Gasteiger partial charge in [-0.15, -0.1) is 11.3 Å². The van der Waals surface area contributed by atoms with E-state index in [9.17, 15) is 14.3 Å². The van der Waals surface area contributed by atoms with Gasteiger partial charge >= 0.3 is 0 Å². The minimum atomic E-state index is -0.367. The minimum Gasteiger partial charge on any atom is -0.493 e. The number of allylic oxidation sites excluding steroid dienone is 1. The maximum Gasteiger partial charge on any atom is 0.226 e. The number of amides is 1. The van der Waals surface area contributed by atoms with Crippen LogP contribution in [-0.2, 0) is 11.3 Å². The number of halogens is 1. The molecule has 3 aromatic rings. The third-order valence-electron chi connectivity index (χ3n) is 4.43. The van der Waals surface area contributed by atoms with Crippen LogP contribution < -0.4 is 5.32 Å². The molecule has 146 valence electrons. The van der Waals surface area contributed by atoms with E-state index in [1.807, 2.05) is 30.3 Å². The quantitative estimate of drug-likeness (QED) is 0.537. The van der Waals surface area contributed by atoms with Gasteiger partial charge in [-0.1, -0.05) is 18.2 Å². The number of aliphatic imine (C=N–C) groups is 1.